The van der Waals surface area contributed by atoms with Crippen LogP contribution in [-0.2, 0) is 11.8 Å². The van der Waals surface area contributed by atoms with E-state index in [1.165, 1.54) is 0 Å². The Morgan fingerprint density at radius 1 is 1.12 bits per heavy atom. The van der Waals surface area contributed by atoms with E-state index in [4.69, 9.17) is 0 Å². The monoisotopic (exact) mass is 338 g/mol. The van der Waals surface area contributed by atoms with E-state index in [0.29, 0.717) is 30.0 Å². The van der Waals surface area contributed by atoms with Crippen LogP contribution in [0, 0.1) is 0 Å². The molecule has 0 aliphatic carbocycles. The number of hydrogen-bond acceptors (Lipinski definition) is 3. The van der Waals surface area contributed by atoms with Crippen molar-refractivity contribution in [2.45, 2.75) is 6.04 Å². The molecule has 7 nitrogen and oxygen atoms in total. The molecule has 3 heterocycles. The number of amides is 3. The second-order valence-electron chi connectivity index (χ2n) is 6.30. The second-order valence-corrected chi connectivity index (χ2v) is 6.30. The summed E-state index contributed by atoms with van der Waals surface area (Å²) in [4.78, 5) is 41.4. The minimum absolute atomic E-state index is 0.130. The van der Waals surface area contributed by atoms with Gasteiger partial charge in [-0.05, 0) is 24.3 Å². The molecule has 128 valence electrons. The van der Waals surface area contributed by atoms with Gasteiger partial charge in [-0.25, -0.2) is 0 Å². The zero-order valence-corrected chi connectivity index (χ0v) is 13.8. The topological polar surface area (TPSA) is 74.7 Å². The molecule has 1 aromatic carbocycles. The number of aromatic nitrogens is 1. The Balaban J connectivity index is 1.62. The summed E-state index contributed by atoms with van der Waals surface area (Å²) in [6.45, 7) is 0.929. The fourth-order valence-corrected chi connectivity index (χ4v) is 3.43. The first-order valence-corrected chi connectivity index (χ1v) is 8.18. The first-order valence-electron chi connectivity index (χ1n) is 8.18. The van der Waals surface area contributed by atoms with Gasteiger partial charge in [-0.2, -0.15) is 0 Å². The highest BCUT2D eigenvalue weighted by Crippen LogP contribution is 2.25. The zero-order valence-electron chi connectivity index (χ0n) is 13.8. The molecule has 0 bridgehead atoms. The smallest absolute Gasteiger partial charge is 0.270 e. The summed E-state index contributed by atoms with van der Waals surface area (Å²) >= 11 is 0. The zero-order chi connectivity index (χ0) is 17.6. The van der Waals surface area contributed by atoms with Gasteiger partial charge >= 0.3 is 0 Å². The van der Waals surface area contributed by atoms with Crippen molar-refractivity contribution in [3.63, 3.8) is 0 Å². The van der Waals surface area contributed by atoms with Crippen molar-refractivity contribution in [2.24, 2.45) is 7.05 Å². The van der Waals surface area contributed by atoms with Crippen LogP contribution < -0.4 is 5.32 Å². The fraction of sp³-hybridized carbons (Fsp3) is 0.278. The molecule has 25 heavy (non-hydrogen) atoms. The minimum atomic E-state index is -0.683. The van der Waals surface area contributed by atoms with E-state index in [0.717, 1.165) is 0 Å². The Morgan fingerprint density at radius 2 is 1.92 bits per heavy atom. The number of rotatable bonds is 1. The lowest BCUT2D eigenvalue weighted by Crippen LogP contribution is -2.59. The Morgan fingerprint density at radius 3 is 2.68 bits per heavy atom. The molecule has 2 aliphatic heterocycles. The lowest BCUT2D eigenvalue weighted by atomic mass is 10.1. The van der Waals surface area contributed by atoms with Crippen molar-refractivity contribution in [3.05, 3.63) is 53.9 Å². The fourth-order valence-electron chi connectivity index (χ4n) is 3.43. The Labute approximate surface area is 144 Å². The molecule has 1 saturated heterocycles. The van der Waals surface area contributed by atoms with Crippen molar-refractivity contribution < 1.29 is 14.4 Å². The predicted molar refractivity (Wildman–Crippen MR) is 91.2 cm³/mol. The summed E-state index contributed by atoms with van der Waals surface area (Å²) in [7, 11) is 1.81. The lowest BCUT2D eigenvalue weighted by molar-refractivity contribution is -0.121. The normalized spacial score (nSPS) is 19.8. The van der Waals surface area contributed by atoms with Gasteiger partial charge in [0.05, 0.1) is 17.8 Å². The number of para-hydroxylation sites is 1. The molecule has 3 amide bonds. The maximum Gasteiger partial charge on any atom is 0.270 e. The van der Waals surface area contributed by atoms with Gasteiger partial charge in [0.25, 0.3) is 11.8 Å². The van der Waals surface area contributed by atoms with Crippen LogP contribution >= 0.6 is 0 Å². The molecule has 0 saturated carbocycles. The Kier molecular flexibility index (Phi) is 3.56. The number of nitrogens with zero attached hydrogens (tertiary/aromatic N) is 3. The van der Waals surface area contributed by atoms with Gasteiger partial charge in [0.2, 0.25) is 5.91 Å². The molecule has 0 unspecified atom stereocenters. The van der Waals surface area contributed by atoms with E-state index in [1.54, 1.807) is 44.7 Å². The maximum absolute atomic E-state index is 12.8. The van der Waals surface area contributed by atoms with E-state index in [-0.39, 0.29) is 24.3 Å². The number of aryl methyl sites for hydroxylation is 1. The van der Waals surface area contributed by atoms with E-state index in [1.807, 2.05) is 19.3 Å². The number of fused-ring (bicyclic) bond motifs is 2. The molecule has 1 N–H and O–H groups in total. The van der Waals surface area contributed by atoms with Crippen molar-refractivity contribution in [3.8, 4) is 0 Å². The van der Waals surface area contributed by atoms with Gasteiger partial charge in [0.15, 0.2) is 0 Å². The van der Waals surface area contributed by atoms with Gasteiger partial charge < -0.3 is 19.7 Å². The van der Waals surface area contributed by atoms with Gasteiger partial charge in [-0.15, -0.1) is 0 Å². The number of piperazine rings is 1. The molecule has 1 aromatic heterocycles. The largest absolute Gasteiger partial charge is 0.347 e. The summed E-state index contributed by atoms with van der Waals surface area (Å²) in [6, 6.07) is 9.86. The Bertz CT molecular complexity index is 873. The van der Waals surface area contributed by atoms with Crippen LogP contribution in [0.4, 0.5) is 5.69 Å². The van der Waals surface area contributed by atoms with Crippen molar-refractivity contribution in [1.29, 1.82) is 0 Å². The van der Waals surface area contributed by atoms with Gasteiger partial charge in [-0.1, -0.05) is 12.1 Å². The third-order valence-electron chi connectivity index (χ3n) is 4.81. The number of hydrogen-bond donors (Lipinski definition) is 1. The molecular weight excluding hydrogens is 320 g/mol. The molecular formula is C18H18N4O3. The number of carbonyl (C=O) groups excluding carboxylic acids is 3. The second kappa shape index (κ2) is 5.77. The van der Waals surface area contributed by atoms with E-state index >= 15 is 0 Å². The predicted octanol–water partition coefficient (Wildman–Crippen LogP) is 0.944. The van der Waals surface area contributed by atoms with Gasteiger partial charge in [0, 0.05) is 26.3 Å². The van der Waals surface area contributed by atoms with Crippen LogP contribution in [0.25, 0.3) is 0 Å². The quantitative estimate of drug-likeness (QED) is 0.841. The first kappa shape index (κ1) is 15.4. The molecule has 0 spiro atoms. The minimum Gasteiger partial charge on any atom is -0.347 e. The van der Waals surface area contributed by atoms with E-state index in [9.17, 15) is 14.4 Å². The molecule has 0 radical (unpaired) electrons. The molecule has 1 fully saturated rings. The molecule has 2 aromatic rings. The SMILES string of the molecule is Cn1cccc1C(=O)N1CCN2C(=O)c3ccccc3NC(=O)[C@@H]2C1. The molecule has 4 rings (SSSR count). The third-order valence-corrected chi connectivity index (χ3v) is 4.81. The van der Waals surface area contributed by atoms with Crippen LogP contribution in [0.1, 0.15) is 20.8 Å². The summed E-state index contributed by atoms with van der Waals surface area (Å²) in [5, 5.41) is 2.81. The van der Waals surface area contributed by atoms with E-state index in [2.05, 4.69) is 5.32 Å². The third kappa shape index (κ3) is 2.48. The van der Waals surface area contributed by atoms with Crippen molar-refractivity contribution in [2.75, 3.05) is 25.0 Å². The average Bonchev–Trinajstić information content (AvgIpc) is 3.02. The van der Waals surface area contributed by atoms with Crippen LogP contribution in [0.5, 0.6) is 0 Å². The summed E-state index contributed by atoms with van der Waals surface area (Å²) in [5.41, 5.74) is 1.57. The highest BCUT2D eigenvalue weighted by Gasteiger charge is 2.40. The molecule has 7 heteroatoms. The average molecular weight is 338 g/mol. The summed E-state index contributed by atoms with van der Waals surface area (Å²) in [6.07, 6.45) is 1.81. The summed E-state index contributed by atoms with van der Waals surface area (Å²) in [5.74, 6) is -0.568. The van der Waals surface area contributed by atoms with Crippen molar-refractivity contribution in [1.82, 2.24) is 14.4 Å². The number of benzene rings is 1. The Hall–Kier alpha value is -3.09. The van der Waals surface area contributed by atoms with Crippen LogP contribution in [0.15, 0.2) is 42.6 Å². The number of nitrogens with one attached hydrogen (secondary N) is 1. The van der Waals surface area contributed by atoms with Crippen LogP contribution in [-0.4, -0.2) is 57.8 Å². The number of carbonyl (C=O) groups is 3. The molecule has 2 aliphatic rings. The summed E-state index contributed by atoms with van der Waals surface area (Å²) < 4.78 is 1.75. The lowest BCUT2D eigenvalue weighted by Gasteiger charge is -2.39. The van der Waals surface area contributed by atoms with Crippen molar-refractivity contribution >= 4 is 23.4 Å². The first-order chi connectivity index (χ1) is 12.1. The van der Waals surface area contributed by atoms with Crippen LogP contribution in [0.3, 0.4) is 0 Å². The number of anilines is 1. The standard InChI is InChI=1S/C18H18N4O3/c1-20-8-4-7-14(20)18(25)21-9-10-22-15(11-21)16(23)19-13-6-3-2-5-12(13)17(22)24/h2-8,15H,9-11H2,1H3,(H,19,23)/t15-/m0/s1. The highest BCUT2D eigenvalue weighted by atomic mass is 16.2. The highest BCUT2D eigenvalue weighted by molar-refractivity contribution is 6.10. The van der Waals surface area contributed by atoms with Gasteiger partial charge in [-0.3, -0.25) is 14.4 Å². The van der Waals surface area contributed by atoms with Crippen LogP contribution in [0.2, 0.25) is 0 Å². The maximum atomic E-state index is 12.8. The van der Waals surface area contributed by atoms with Gasteiger partial charge in [0.1, 0.15) is 11.7 Å². The molecule has 1 atom stereocenters. The van der Waals surface area contributed by atoms with E-state index < -0.39 is 6.04 Å².